The standard InChI is InChI=1S/C13H15BrN4O/c14-8-2-1-3-13(19)17-11-4-6-12(7-5-11)18-10-15-9-16-18/h4-7,9-10H,1-3,8H2,(H,17,19). The number of anilines is 1. The monoisotopic (exact) mass is 322 g/mol. The van der Waals surface area contributed by atoms with E-state index in [9.17, 15) is 4.79 Å². The van der Waals surface area contributed by atoms with Gasteiger partial charge < -0.3 is 5.32 Å². The van der Waals surface area contributed by atoms with Gasteiger partial charge in [0.2, 0.25) is 5.91 Å². The predicted octanol–water partition coefficient (Wildman–Crippen LogP) is 2.77. The van der Waals surface area contributed by atoms with Gasteiger partial charge in [-0.05, 0) is 37.1 Å². The molecule has 0 aliphatic heterocycles. The zero-order valence-electron chi connectivity index (χ0n) is 10.4. The maximum absolute atomic E-state index is 11.6. The highest BCUT2D eigenvalue weighted by molar-refractivity contribution is 9.09. The maximum Gasteiger partial charge on any atom is 0.224 e. The molecule has 0 saturated heterocycles. The van der Waals surface area contributed by atoms with Crippen LogP contribution in [0.4, 0.5) is 5.69 Å². The number of nitrogens with one attached hydrogen (secondary N) is 1. The van der Waals surface area contributed by atoms with Crippen LogP contribution in [0, 0.1) is 0 Å². The van der Waals surface area contributed by atoms with Gasteiger partial charge in [-0.3, -0.25) is 4.79 Å². The number of unbranched alkanes of at least 4 members (excludes halogenated alkanes) is 1. The van der Waals surface area contributed by atoms with Gasteiger partial charge in [0.25, 0.3) is 0 Å². The average molecular weight is 323 g/mol. The molecule has 100 valence electrons. The smallest absolute Gasteiger partial charge is 0.224 e. The minimum atomic E-state index is 0.0504. The predicted molar refractivity (Wildman–Crippen MR) is 77.6 cm³/mol. The summed E-state index contributed by atoms with van der Waals surface area (Å²) in [6.07, 6.45) is 5.58. The molecule has 1 heterocycles. The van der Waals surface area contributed by atoms with Crippen molar-refractivity contribution in [2.24, 2.45) is 0 Å². The molecule has 2 aromatic rings. The van der Waals surface area contributed by atoms with Crippen molar-refractivity contribution in [2.45, 2.75) is 19.3 Å². The first-order valence-corrected chi connectivity index (χ1v) is 7.22. The summed E-state index contributed by atoms with van der Waals surface area (Å²) >= 11 is 3.35. The molecule has 0 fully saturated rings. The molecule has 2 rings (SSSR count). The van der Waals surface area contributed by atoms with Crippen molar-refractivity contribution < 1.29 is 4.79 Å². The SMILES string of the molecule is O=C(CCCCBr)Nc1ccc(-n2cncn2)cc1. The first kappa shape index (κ1) is 13.7. The molecule has 1 aromatic heterocycles. The molecule has 0 atom stereocenters. The van der Waals surface area contributed by atoms with Crippen molar-refractivity contribution in [3.05, 3.63) is 36.9 Å². The lowest BCUT2D eigenvalue weighted by Crippen LogP contribution is -2.11. The van der Waals surface area contributed by atoms with Gasteiger partial charge in [-0.1, -0.05) is 15.9 Å². The van der Waals surface area contributed by atoms with Gasteiger partial charge in [0.05, 0.1) is 5.69 Å². The zero-order valence-corrected chi connectivity index (χ0v) is 12.0. The number of benzene rings is 1. The molecule has 0 spiro atoms. The number of nitrogens with zero attached hydrogens (tertiary/aromatic N) is 3. The van der Waals surface area contributed by atoms with Crippen LogP contribution in [0.2, 0.25) is 0 Å². The number of aromatic nitrogens is 3. The van der Waals surface area contributed by atoms with E-state index in [1.807, 2.05) is 24.3 Å². The Morgan fingerprint density at radius 1 is 1.26 bits per heavy atom. The summed E-state index contributed by atoms with van der Waals surface area (Å²) in [4.78, 5) is 15.5. The normalized spacial score (nSPS) is 10.4. The first-order valence-electron chi connectivity index (χ1n) is 6.10. The molecular weight excluding hydrogens is 308 g/mol. The number of rotatable bonds is 6. The Balaban J connectivity index is 1.90. The third-order valence-electron chi connectivity index (χ3n) is 2.62. The van der Waals surface area contributed by atoms with Crippen LogP contribution >= 0.6 is 15.9 Å². The van der Waals surface area contributed by atoms with E-state index in [4.69, 9.17) is 0 Å². The highest BCUT2D eigenvalue weighted by atomic mass is 79.9. The Bertz CT molecular complexity index is 510. The summed E-state index contributed by atoms with van der Waals surface area (Å²) in [5.41, 5.74) is 1.71. The molecule has 1 aromatic carbocycles. The molecule has 6 heteroatoms. The summed E-state index contributed by atoms with van der Waals surface area (Å²) < 4.78 is 1.67. The van der Waals surface area contributed by atoms with Crippen molar-refractivity contribution in [1.29, 1.82) is 0 Å². The minimum Gasteiger partial charge on any atom is -0.326 e. The summed E-state index contributed by atoms with van der Waals surface area (Å²) in [7, 11) is 0. The third kappa shape index (κ3) is 4.17. The van der Waals surface area contributed by atoms with Crippen LogP contribution in [0.25, 0.3) is 5.69 Å². The Morgan fingerprint density at radius 3 is 2.68 bits per heavy atom. The number of hydrogen-bond donors (Lipinski definition) is 1. The van der Waals surface area contributed by atoms with Gasteiger partial charge in [-0.25, -0.2) is 9.67 Å². The van der Waals surface area contributed by atoms with E-state index >= 15 is 0 Å². The Hall–Kier alpha value is -1.69. The molecule has 0 unspecified atom stereocenters. The molecular formula is C13H15BrN4O. The fourth-order valence-corrected chi connectivity index (χ4v) is 2.04. The molecule has 19 heavy (non-hydrogen) atoms. The fraction of sp³-hybridized carbons (Fsp3) is 0.308. The van der Waals surface area contributed by atoms with Gasteiger partial charge >= 0.3 is 0 Å². The molecule has 1 amide bonds. The molecule has 0 aliphatic rings. The number of halogens is 1. The second-order valence-electron chi connectivity index (χ2n) is 4.08. The average Bonchev–Trinajstić information content (AvgIpc) is 2.94. The second-order valence-corrected chi connectivity index (χ2v) is 4.87. The quantitative estimate of drug-likeness (QED) is 0.657. The number of hydrogen-bond acceptors (Lipinski definition) is 3. The number of carbonyl (C=O) groups excluding carboxylic acids is 1. The summed E-state index contributed by atoms with van der Waals surface area (Å²) in [6, 6.07) is 7.50. The van der Waals surface area contributed by atoms with Gasteiger partial charge in [0.15, 0.2) is 0 Å². The van der Waals surface area contributed by atoms with Gasteiger partial charge in [-0.15, -0.1) is 0 Å². The van der Waals surface area contributed by atoms with Gasteiger partial charge in [-0.2, -0.15) is 5.10 Å². The van der Waals surface area contributed by atoms with E-state index in [1.54, 1.807) is 11.0 Å². The van der Waals surface area contributed by atoms with Crippen molar-refractivity contribution in [3.8, 4) is 5.69 Å². The molecule has 5 nitrogen and oxygen atoms in total. The van der Waals surface area contributed by atoms with E-state index in [2.05, 4.69) is 31.3 Å². The maximum atomic E-state index is 11.6. The fourth-order valence-electron chi connectivity index (χ4n) is 1.64. The van der Waals surface area contributed by atoms with Crippen LogP contribution in [0.5, 0.6) is 0 Å². The third-order valence-corrected chi connectivity index (χ3v) is 3.18. The molecule has 1 N–H and O–H groups in total. The van der Waals surface area contributed by atoms with E-state index in [-0.39, 0.29) is 5.91 Å². The molecule has 0 saturated carbocycles. The van der Waals surface area contributed by atoms with Crippen LogP contribution in [-0.2, 0) is 4.79 Å². The number of carbonyl (C=O) groups is 1. The van der Waals surface area contributed by atoms with Crippen molar-refractivity contribution in [2.75, 3.05) is 10.6 Å². The van der Waals surface area contributed by atoms with Gasteiger partial charge in [0, 0.05) is 17.4 Å². The van der Waals surface area contributed by atoms with E-state index in [0.29, 0.717) is 6.42 Å². The second kappa shape index (κ2) is 7.04. The molecule has 0 radical (unpaired) electrons. The summed E-state index contributed by atoms with van der Waals surface area (Å²) in [6.45, 7) is 0. The van der Waals surface area contributed by atoms with Crippen LogP contribution in [0.15, 0.2) is 36.9 Å². The van der Waals surface area contributed by atoms with E-state index < -0.39 is 0 Å². The van der Waals surface area contributed by atoms with E-state index in [1.165, 1.54) is 6.33 Å². The van der Waals surface area contributed by atoms with Crippen LogP contribution in [-0.4, -0.2) is 26.0 Å². The molecule has 0 aliphatic carbocycles. The highest BCUT2D eigenvalue weighted by Crippen LogP contribution is 2.12. The summed E-state index contributed by atoms with van der Waals surface area (Å²) in [5.74, 6) is 0.0504. The van der Waals surface area contributed by atoms with Crippen LogP contribution < -0.4 is 5.32 Å². The minimum absolute atomic E-state index is 0.0504. The molecule has 0 bridgehead atoms. The first-order chi connectivity index (χ1) is 9.29. The zero-order chi connectivity index (χ0) is 13.5. The highest BCUT2D eigenvalue weighted by Gasteiger charge is 2.02. The topological polar surface area (TPSA) is 59.8 Å². The van der Waals surface area contributed by atoms with E-state index in [0.717, 1.165) is 29.5 Å². The summed E-state index contributed by atoms with van der Waals surface area (Å²) in [5, 5.41) is 7.85. The largest absolute Gasteiger partial charge is 0.326 e. The van der Waals surface area contributed by atoms with Crippen molar-refractivity contribution in [1.82, 2.24) is 14.8 Å². The van der Waals surface area contributed by atoms with Gasteiger partial charge in [0.1, 0.15) is 12.7 Å². The number of alkyl halides is 1. The number of amides is 1. The van der Waals surface area contributed by atoms with Crippen LogP contribution in [0.3, 0.4) is 0 Å². The lowest BCUT2D eigenvalue weighted by Gasteiger charge is -2.06. The van der Waals surface area contributed by atoms with Crippen molar-refractivity contribution >= 4 is 27.5 Å². The lowest BCUT2D eigenvalue weighted by molar-refractivity contribution is -0.116. The van der Waals surface area contributed by atoms with Crippen molar-refractivity contribution in [3.63, 3.8) is 0 Å². The Morgan fingerprint density at radius 2 is 2.05 bits per heavy atom. The Kier molecular flexibility index (Phi) is 5.09. The lowest BCUT2D eigenvalue weighted by atomic mass is 10.2. The van der Waals surface area contributed by atoms with Crippen LogP contribution in [0.1, 0.15) is 19.3 Å². The Labute approximate surface area is 120 Å².